The van der Waals surface area contributed by atoms with Gasteiger partial charge in [0.25, 0.3) is 0 Å². The fourth-order valence-electron chi connectivity index (χ4n) is 4.22. The van der Waals surface area contributed by atoms with E-state index in [2.05, 4.69) is 36.5 Å². The summed E-state index contributed by atoms with van der Waals surface area (Å²) in [6, 6.07) is 14.7. The summed E-state index contributed by atoms with van der Waals surface area (Å²) < 4.78 is 12.5. The number of allylic oxidation sites excluding steroid dienone is 6. The summed E-state index contributed by atoms with van der Waals surface area (Å²) in [4.78, 5) is 13.0. The lowest BCUT2D eigenvalue weighted by Crippen LogP contribution is -2.31. The molecule has 0 heterocycles. The number of ether oxygens (including phenoxy) is 2. The van der Waals surface area contributed by atoms with Crippen LogP contribution in [-0.4, -0.2) is 17.0 Å². The minimum absolute atomic E-state index is 0.0366. The number of hydrogen-bond acceptors (Lipinski definition) is 3. The molecular weight excluding hydrogens is 420 g/mol. The van der Waals surface area contributed by atoms with Gasteiger partial charge in [-0.15, -0.1) is 0 Å². The SMILES string of the molecule is CC=CC1(Oc2ccc(C(=O)c3ccc(OC4(C=CC)C=CC=CC4)cc3)cc2)C=CC=CC1. The highest BCUT2D eigenvalue weighted by Crippen LogP contribution is 2.30. The van der Waals surface area contributed by atoms with Gasteiger partial charge in [-0.25, -0.2) is 0 Å². The molecule has 0 N–H and O–H groups in total. The van der Waals surface area contributed by atoms with Crippen molar-refractivity contribution in [1.29, 1.82) is 0 Å². The van der Waals surface area contributed by atoms with Crippen molar-refractivity contribution in [2.75, 3.05) is 0 Å². The summed E-state index contributed by atoms with van der Waals surface area (Å²) in [5.74, 6) is 1.41. The van der Waals surface area contributed by atoms with Gasteiger partial charge < -0.3 is 9.47 Å². The first-order valence-electron chi connectivity index (χ1n) is 11.7. The van der Waals surface area contributed by atoms with Gasteiger partial charge in [-0.05, 0) is 86.7 Å². The van der Waals surface area contributed by atoms with E-state index in [4.69, 9.17) is 9.47 Å². The Labute approximate surface area is 202 Å². The highest BCUT2D eigenvalue weighted by atomic mass is 16.5. The van der Waals surface area contributed by atoms with Gasteiger partial charge in [0.15, 0.2) is 5.78 Å². The van der Waals surface area contributed by atoms with E-state index in [1.54, 1.807) is 0 Å². The molecule has 0 radical (unpaired) electrons. The van der Waals surface area contributed by atoms with E-state index >= 15 is 0 Å². The molecule has 0 bridgehead atoms. The summed E-state index contributed by atoms with van der Waals surface area (Å²) in [5, 5.41) is 0. The Hall–Kier alpha value is -3.85. The van der Waals surface area contributed by atoms with Crippen molar-refractivity contribution in [3.8, 4) is 11.5 Å². The van der Waals surface area contributed by atoms with Crippen LogP contribution in [0.4, 0.5) is 0 Å². The predicted molar refractivity (Wildman–Crippen MR) is 138 cm³/mol. The van der Waals surface area contributed by atoms with Gasteiger partial charge in [-0.3, -0.25) is 4.79 Å². The lowest BCUT2D eigenvalue weighted by atomic mass is 9.94. The Morgan fingerprint density at radius 2 is 1.09 bits per heavy atom. The smallest absolute Gasteiger partial charge is 0.193 e. The molecule has 4 rings (SSSR count). The predicted octanol–water partition coefficient (Wildman–Crippen LogP) is 7.34. The topological polar surface area (TPSA) is 35.5 Å². The molecule has 172 valence electrons. The molecule has 2 aliphatic rings. The zero-order chi connectivity index (χ0) is 23.9. The van der Waals surface area contributed by atoms with Crippen molar-refractivity contribution < 1.29 is 14.3 Å². The van der Waals surface area contributed by atoms with E-state index in [9.17, 15) is 4.79 Å². The largest absolute Gasteiger partial charge is 0.479 e. The number of rotatable bonds is 8. The Kier molecular flexibility index (Phi) is 7.12. The van der Waals surface area contributed by atoms with Gasteiger partial charge in [0.1, 0.15) is 22.7 Å². The second kappa shape index (κ2) is 10.4. The number of ketones is 1. The third kappa shape index (κ3) is 5.37. The highest BCUT2D eigenvalue weighted by Gasteiger charge is 2.27. The zero-order valence-corrected chi connectivity index (χ0v) is 19.7. The van der Waals surface area contributed by atoms with E-state index < -0.39 is 11.2 Å². The van der Waals surface area contributed by atoms with Crippen molar-refractivity contribution in [2.24, 2.45) is 0 Å². The summed E-state index contributed by atoms with van der Waals surface area (Å²) in [7, 11) is 0. The van der Waals surface area contributed by atoms with Gasteiger partial charge in [0, 0.05) is 24.0 Å². The second-order valence-corrected chi connectivity index (χ2v) is 8.47. The molecule has 0 aromatic heterocycles. The number of hydrogen-bond donors (Lipinski definition) is 0. The molecule has 0 fully saturated rings. The lowest BCUT2D eigenvalue weighted by molar-refractivity contribution is 0.103. The fourth-order valence-corrected chi connectivity index (χ4v) is 4.22. The number of carbonyl (C=O) groups is 1. The van der Waals surface area contributed by atoms with Crippen molar-refractivity contribution in [3.05, 3.63) is 133 Å². The molecule has 34 heavy (non-hydrogen) atoms. The maximum atomic E-state index is 13.0. The number of benzene rings is 2. The Morgan fingerprint density at radius 1 is 0.676 bits per heavy atom. The van der Waals surface area contributed by atoms with Crippen LogP contribution in [0.3, 0.4) is 0 Å². The molecule has 0 saturated carbocycles. The lowest BCUT2D eigenvalue weighted by Gasteiger charge is -2.29. The van der Waals surface area contributed by atoms with Crippen LogP contribution in [0.2, 0.25) is 0 Å². The minimum atomic E-state index is -0.488. The van der Waals surface area contributed by atoms with Crippen molar-refractivity contribution in [2.45, 2.75) is 37.9 Å². The van der Waals surface area contributed by atoms with Gasteiger partial charge >= 0.3 is 0 Å². The van der Waals surface area contributed by atoms with Gasteiger partial charge in [0.2, 0.25) is 0 Å². The molecule has 2 atom stereocenters. The maximum Gasteiger partial charge on any atom is 0.193 e. The van der Waals surface area contributed by atoms with Gasteiger partial charge in [-0.2, -0.15) is 0 Å². The average Bonchev–Trinajstić information content (AvgIpc) is 2.86. The van der Waals surface area contributed by atoms with Gasteiger partial charge in [-0.1, -0.05) is 48.6 Å². The molecule has 0 amide bonds. The summed E-state index contributed by atoms with van der Waals surface area (Å²) in [5.41, 5.74) is 0.258. The molecule has 2 aromatic rings. The summed E-state index contributed by atoms with van der Waals surface area (Å²) >= 11 is 0. The number of carbonyl (C=O) groups excluding carboxylic acids is 1. The molecule has 3 nitrogen and oxygen atoms in total. The average molecular weight is 451 g/mol. The molecule has 0 spiro atoms. The molecule has 2 aromatic carbocycles. The highest BCUT2D eigenvalue weighted by molar-refractivity contribution is 6.09. The first kappa shape index (κ1) is 23.3. The second-order valence-electron chi connectivity index (χ2n) is 8.47. The first-order chi connectivity index (χ1) is 16.6. The van der Waals surface area contributed by atoms with E-state index in [0.29, 0.717) is 11.1 Å². The van der Waals surface area contributed by atoms with Gasteiger partial charge in [0.05, 0.1) is 0 Å². The fraction of sp³-hybridized carbons (Fsp3) is 0.194. The Morgan fingerprint density at radius 3 is 1.41 bits per heavy atom. The minimum Gasteiger partial charge on any atom is -0.479 e. The summed E-state index contributed by atoms with van der Waals surface area (Å²) in [6.07, 6.45) is 25.9. The molecule has 2 aliphatic carbocycles. The monoisotopic (exact) mass is 450 g/mol. The third-order valence-corrected chi connectivity index (χ3v) is 5.87. The quantitative estimate of drug-likeness (QED) is 0.312. The first-order valence-corrected chi connectivity index (χ1v) is 11.7. The standard InChI is InChI=1S/C31H30O3/c1-3-19-30(21-7-5-8-22-30)33-27-15-11-25(12-16-27)29(32)26-13-17-28(18-14-26)34-31(20-4-2)23-9-6-10-24-31/h3-21,23H,22,24H2,1-2H3. The van der Waals surface area contributed by atoms with Crippen LogP contribution in [0.1, 0.15) is 42.6 Å². The Balaban J connectivity index is 1.45. The van der Waals surface area contributed by atoms with Crippen LogP contribution in [0.5, 0.6) is 11.5 Å². The van der Waals surface area contributed by atoms with Crippen LogP contribution >= 0.6 is 0 Å². The molecule has 3 heteroatoms. The maximum absolute atomic E-state index is 13.0. The normalized spacial score (nSPS) is 23.6. The van der Waals surface area contributed by atoms with Crippen molar-refractivity contribution >= 4 is 5.78 Å². The zero-order valence-electron chi connectivity index (χ0n) is 19.7. The van der Waals surface area contributed by atoms with E-state index in [1.807, 2.05) is 98.8 Å². The van der Waals surface area contributed by atoms with Crippen molar-refractivity contribution in [1.82, 2.24) is 0 Å². The van der Waals surface area contributed by atoms with Crippen LogP contribution in [0, 0.1) is 0 Å². The Bertz CT molecular complexity index is 1080. The van der Waals surface area contributed by atoms with E-state index in [-0.39, 0.29) is 5.78 Å². The molecule has 2 unspecified atom stereocenters. The van der Waals surface area contributed by atoms with E-state index in [0.717, 1.165) is 24.3 Å². The van der Waals surface area contributed by atoms with Crippen molar-refractivity contribution in [3.63, 3.8) is 0 Å². The summed E-state index contributed by atoms with van der Waals surface area (Å²) in [6.45, 7) is 3.97. The molecule has 0 saturated heterocycles. The van der Waals surface area contributed by atoms with Crippen LogP contribution in [-0.2, 0) is 0 Å². The third-order valence-electron chi connectivity index (χ3n) is 5.87. The molecule has 0 aliphatic heterocycles. The van der Waals surface area contributed by atoms with E-state index in [1.165, 1.54) is 0 Å². The van der Waals surface area contributed by atoms with Crippen LogP contribution in [0.25, 0.3) is 0 Å². The molecular formula is C31H30O3. The van der Waals surface area contributed by atoms with Crippen LogP contribution in [0.15, 0.2) is 121 Å². The van der Waals surface area contributed by atoms with Crippen LogP contribution < -0.4 is 9.47 Å².